The largest absolute Gasteiger partial charge is 0.481 e. The molecule has 13 heavy (non-hydrogen) atoms. The second kappa shape index (κ2) is 4.44. The van der Waals surface area contributed by atoms with E-state index in [4.69, 9.17) is 16.7 Å². The minimum absolute atomic E-state index is 0.0222. The van der Waals surface area contributed by atoms with Crippen molar-refractivity contribution in [3.63, 3.8) is 0 Å². The van der Waals surface area contributed by atoms with Crippen molar-refractivity contribution in [2.45, 2.75) is 6.42 Å². The number of carboxylic acid groups (broad SMARTS) is 1. The lowest BCUT2D eigenvalue weighted by Gasteiger charge is -2.02. The van der Waals surface area contributed by atoms with E-state index in [1.807, 2.05) is 0 Å². The lowest BCUT2D eigenvalue weighted by Crippen LogP contribution is -1.99. The Hall–Kier alpha value is -0.0600. The summed E-state index contributed by atoms with van der Waals surface area (Å²) in [7, 11) is 0. The number of aliphatic carboxylic acids is 1. The molecule has 0 bridgehead atoms. The van der Waals surface area contributed by atoms with Crippen LogP contribution < -0.4 is 0 Å². The van der Waals surface area contributed by atoms with Gasteiger partial charge in [0, 0.05) is 4.47 Å². The second-order valence-corrected chi connectivity index (χ2v) is 4.50. The van der Waals surface area contributed by atoms with E-state index in [0.29, 0.717) is 10.6 Å². The summed E-state index contributed by atoms with van der Waals surface area (Å²) in [6.45, 7) is 0. The average Bonchev–Trinajstić information content (AvgIpc) is 1.98. The zero-order valence-electron chi connectivity index (χ0n) is 6.35. The molecule has 5 heteroatoms. The Balaban J connectivity index is 3.06. The summed E-state index contributed by atoms with van der Waals surface area (Å²) in [5.41, 5.74) is 0.674. The molecule has 1 aromatic rings. The summed E-state index contributed by atoms with van der Waals surface area (Å²) >= 11 is 12.3. The highest BCUT2D eigenvalue weighted by Crippen LogP contribution is 2.31. The van der Waals surface area contributed by atoms with E-state index in [-0.39, 0.29) is 6.42 Å². The molecule has 0 aliphatic rings. The zero-order valence-corrected chi connectivity index (χ0v) is 10.3. The Bertz CT molecular complexity index is 329. The van der Waals surface area contributed by atoms with Gasteiger partial charge in [-0.05, 0) is 49.6 Å². The number of halogens is 3. The second-order valence-electron chi connectivity index (χ2n) is 2.44. The molecule has 0 heterocycles. The fourth-order valence-electron chi connectivity index (χ4n) is 0.885. The van der Waals surface area contributed by atoms with Crippen LogP contribution in [0, 0.1) is 0 Å². The van der Waals surface area contributed by atoms with Crippen molar-refractivity contribution in [2.75, 3.05) is 0 Å². The van der Waals surface area contributed by atoms with Crippen LogP contribution in [0.4, 0.5) is 0 Å². The van der Waals surface area contributed by atoms with E-state index < -0.39 is 5.97 Å². The predicted octanol–water partition coefficient (Wildman–Crippen LogP) is 3.49. The topological polar surface area (TPSA) is 37.3 Å². The van der Waals surface area contributed by atoms with Gasteiger partial charge in [0.25, 0.3) is 0 Å². The number of carbonyl (C=O) groups is 1. The van der Waals surface area contributed by atoms with Crippen LogP contribution in [0.1, 0.15) is 5.56 Å². The summed E-state index contributed by atoms with van der Waals surface area (Å²) < 4.78 is 1.50. The molecule has 0 spiro atoms. The van der Waals surface area contributed by atoms with Crippen LogP contribution in [0.25, 0.3) is 0 Å². The molecule has 0 fully saturated rings. The quantitative estimate of drug-likeness (QED) is 0.844. The van der Waals surface area contributed by atoms with Crippen molar-refractivity contribution in [1.82, 2.24) is 0 Å². The van der Waals surface area contributed by atoms with E-state index in [0.717, 1.165) is 8.95 Å². The van der Waals surface area contributed by atoms with Crippen molar-refractivity contribution in [3.8, 4) is 0 Å². The van der Waals surface area contributed by atoms with Gasteiger partial charge in [-0.25, -0.2) is 0 Å². The molecule has 1 N–H and O–H groups in total. The van der Waals surface area contributed by atoms with Gasteiger partial charge in [-0.2, -0.15) is 0 Å². The molecule has 70 valence electrons. The predicted molar refractivity (Wildman–Crippen MR) is 58.2 cm³/mol. The van der Waals surface area contributed by atoms with Crippen LogP contribution in [0.5, 0.6) is 0 Å². The van der Waals surface area contributed by atoms with Crippen molar-refractivity contribution < 1.29 is 9.90 Å². The third-order valence-corrected chi connectivity index (χ3v) is 3.94. The number of rotatable bonds is 2. The van der Waals surface area contributed by atoms with Crippen LogP contribution in [-0.4, -0.2) is 11.1 Å². The maximum Gasteiger partial charge on any atom is 0.307 e. The molecule has 2 nitrogen and oxygen atoms in total. The van der Waals surface area contributed by atoms with E-state index in [2.05, 4.69) is 31.9 Å². The van der Waals surface area contributed by atoms with Crippen molar-refractivity contribution in [3.05, 3.63) is 31.7 Å². The van der Waals surface area contributed by atoms with Crippen molar-refractivity contribution in [2.24, 2.45) is 0 Å². The molecule has 1 aromatic carbocycles. The molecule has 0 unspecified atom stereocenters. The normalized spacial score (nSPS) is 10.1. The lowest BCUT2D eigenvalue weighted by atomic mass is 10.1. The summed E-state index contributed by atoms with van der Waals surface area (Å²) in [5.74, 6) is -0.870. The fourth-order valence-corrected chi connectivity index (χ4v) is 1.98. The Kier molecular flexibility index (Phi) is 3.76. The summed E-state index contributed by atoms with van der Waals surface area (Å²) in [5, 5.41) is 9.05. The molecule has 0 aliphatic carbocycles. The maximum absolute atomic E-state index is 10.4. The highest BCUT2D eigenvalue weighted by Gasteiger charge is 2.07. The van der Waals surface area contributed by atoms with Gasteiger partial charge in [-0.15, -0.1) is 0 Å². The van der Waals surface area contributed by atoms with Crippen LogP contribution >= 0.6 is 43.5 Å². The molecule has 0 atom stereocenters. The lowest BCUT2D eigenvalue weighted by molar-refractivity contribution is -0.136. The van der Waals surface area contributed by atoms with Gasteiger partial charge in [0.1, 0.15) is 0 Å². The number of benzene rings is 1. The maximum atomic E-state index is 10.4. The average molecular weight is 328 g/mol. The van der Waals surface area contributed by atoms with Gasteiger partial charge in [-0.3, -0.25) is 4.79 Å². The number of carboxylic acids is 1. The molecular weight excluding hydrogens is 323 g/mol. The van der Waals surface area contributed by atoms with Crippen LogP contribution in [0.15, 0.2) is 21.1 Å². The van der Waals surface area contributed by atoms with Crippen LogP contribution in [0.3, 0.4) is 0 Å². The molecule has 0 radical (unpaired) electrons. The summed E-state index contributed by atoms with van der Waals surface area (Å²) in [4.78, 5) is 10.4. The summed E-state index contributed by atoms with van der Waals surface area (Å²) in [6.07, 6.45) is -0.0222. The Morgan fingerprint density at radius 3 is 2.54 bits per heavy atom. The van der Waals surface area contributed by atoms with Crippen molar-refractivity contribution in [1.29, 1.82) is 0 Å². The molecule has 0 saturated carbocycles. The zero-order chi connectivity index (χ0) is 10.0. The SMILES string of the molecule is O=C(O)Cc1cc(Cl)c(Br)c(Br)c1. The van der Waals surface area contributed by atoms with Crippen molar-refractivity contribution >= 4 is 49.4 Å². The molecule has 0 saturated heterocycles. The molecule has 0 amide bonds. The Morgan fingerprint density at radius 1 is 1.46 bits per heavy atom. The van der Waals surface area contributed by atoms with Crippen LogP contribution in [-0.2, 0) is 11.2 Å². The summed E-state index contributed by atoms with van der Waals surface area (Å²) in [6, 6.07) is 3.36. The first-order valence-electron chi connectivity index (χ1n) is 3.36. The first-order chi connectivity index (χ1) is 6.00. The van der Waals surface area contributed by atoms with Gasteiger partial charge in [0.2, 0.25) is 0 Å². The monoisotopic (exact) mass is 326 g/mol. The van der Waals surface area contributed by atoms with Gasteiger partial charge >= 0.3 is 5.97 Å². The number of hydrogen-bond acceptors (Lipinski definition) is 1. The highest BCUT2D eigenvalue weighted by molar-refractivity contribution is 9.13. The smallest absolute Gasteiger partial charge is 0.307 e. The molecular formula is C8H5Br2ClO2. The minimum atomic E-state index is -0.870. The van der Waals surface area contributed by atoms with E-state index in [1.165, 1.54) is 0 Å². The van der Waals surface area contributed by atoms with Crippen LogP contribution in [0.2, 0.25) is 5.02 Å². The first-order valence-corrected chi connectivity index (χ1v) is 5.32. The van der Waals surface area contributed by atoms with E-state index >= 15 is 0 Å². The molecule has 1 rings (SSSR count). The highest BCUT2D eigenvalue weighted by atomic mass is 79.9. The molecule has 0 aromatic heterocycles. The van der Waals surface area contributed by atoms with Gasteiger partial charge in [0.05, 0.1) is 15.9 Å². The Morgan fingerprint density at radius 2 is 2.08 bits per heavy atom. The van der Waals surface area contributed by atoms with Gasteiger partial charge in [-0.1, -0.05) is 11.6 Å². The van der Waals surface area contributed by atoms with E-state index in [1.54, 1.807) is 12.1 Å². The van der Waals surface area contributed by atoms with E-state index in [9.17, 15) is 4.79 Å². The number of hydrogen-bond donors (Lipinski definition) is 1. The molecule has 0 aliphatic heterocycles. The Labute approximate surface area is 97.2 Å². The third-order valence-electron chi connectivity index (χ3n) is 1.40. The third kappa shape index (κ3) is 2.97. The standard InChI is InChI=1S/C8H5Br2ClO2/c9-5-1-4(3-7(12)13)2-6(11)8(5)10/h1-2H,3H2,(H,12,13). The van der Waals surface area contributed by atoms with Gasteiger partial charge in [0.15, 0.2) is 0 Å². The first kappa shape index (κ1) is 11.0. The fraction of sp³-hybridized carbons (Fsp3) is 0.125. The van der Waals surface area contributed by atoms with Gasteiger partial charge < -0.3 is 5.11 Å². The minimum Gasteiger partial charge on any atom is -0.481 e.